The van der Waals surface area contributed by atoms with Gasteiger partial charge in [0.05, 0.1) is 12.5 Å². The van der Waals surface area contributed by atoms with Gasteiger partial charge in [-0.3, -0.25) is 0 Å². The second-order valence-electron chi connectivity index (χ2n) is 4.31. The molecule has 0 aromatic heterocycles. The predicted octanol–water partition coefficient (Wildman–Crippen LogP) is 3.67. The van der Waals surface area contributed by atoms with Gasteiger partial charge in [-0.1, -0.05) is 36.4 Å². The molecule has 0 aliphatic rings. The summed E-state index contributed by atoms with van der Waals surface area (Å²) in [6.07, 6.45) is 0.470. The monoisotopic (exact) mass is 236 g/mol. The fraction of sp³-hybridized carbons (Fsp3) is 0.188. The Labute approximate surface area is 108 Å². The SMILES string of the molecule is Cc1ccccc1CNc1ccc(CC#N)cc1. The van der Waals surface area contributed by atoms with E-state index in [9.17, 15) is 0 Å². The van der Waals surface area contributed by atoms with Gasteiger partial charge in [0.15, 0.2) is 0 Å². The van der Waals surface area contributed by atoms with Crippen LogP contribution in [0.5, 0.6) is 0 Å². The van der Waals surface area contributed by atoms with Gasteiger partial charge in [0.2, 0.25) is 0 Å². The van der Waals surface area contributed by atoms with Gasteiger partial charge in [-0.25, -0.2) is 0 Å². The highest BCUT2D eigenvalue weighted by Crippen LogP contribution is 2.13. The molecule has 0 aliphatic heterocycles. The fourth-order valence-corrected chi connectivity index (χ4v) is 1.84. The summed E-state index contributed by atoms with van der Waals surface area (Å²) in [5.74, 6) is 0. The van der Waals surface area contributed by atoms with Crippen LogP contribution < -0.4 is 5.32 Å². The van der Waals surface area contributed by atoms with Gasteiger partial charge < -0.3 is 5.32 Å². The minimum absolute atomic E-state index is 0.470. The number of benzene rings is 2. The summed E-state index contributed by atoms with van der Waals surface area (Å²) >= 11 is 0. The van der Waals surface area contributed by atoms with E-state index in [1.165, 1.54) is 11.1 Å². The van der Waals surface area contributed by atoms with Crippen LogP contribution in [0.3, 0.4) is 0 Å². The Morgan fingerprint density at radius 3 is 2.44 bits per heavy atom. The van der Waals surface area contributed by atoms with E-state index in [4.69, 9.17) is 5.26 Å². The molecule has 2 aromatic rings. The molecule has 0 spiro atoms. The van der Waals surface area contributed by atoms with Crippen molar-refractivity contribution in [3.8, 4) is 6.07 Å². The molecule has 0 aliphatic carbocycles. The Morgan fingerprint density at radius 2 is 1.78 bits per heavy atom. The Bertz CT molecular complexity index is 550. The van der Waals surface area contributed by atoms with E-state index < -0.39 is 0 Å². The first-order valence-corrected chi connectivity index (χ1v) is 6.04. The average Bonchev–Trinajstić information content (AvgIpc) is 2.40. The van der Waals surface area contributed by atoms with E-state index >= 15 is 0 Å². The number of nitrogens with zero attached hydrogens (tertiary/aromatic N) is 1. The van der Waals surface area contributed by atoms with Crippen molar-refractivity contribution < 1.29 is 0 Å². The number of nitriles is 1. The lowest BCUT2D eigenvalue weighted by Gasteiger charge is -2.09. The van der Waals surface area contributed by atoms with Crippen LogP contribution in [-0.4, -0.2) is 0 Å². The van der Waals surface area contributed by atoms with E-state index in [1.807, 2.05) is 24.3 Å². The molecule has 0 amide bonds. The van der Waals surface area contributed by atoms with Crippen LogP contribution >= 0.6 is 0 Å². The number of anilines is 1. The fourth-order valence-electron chi connectivity index (χ4n) is 1.84. The van der Waals surface area contributed by atoms with Crippen LogP contribution in [0.4, 0.5) is 5.69 Å². The standard InChI is InChI=1S/C16H16N2/c1-13-4-2-3-5-15(13)12-18-16-8-6-14(7-9-16)10-11-17/h2-9,18H,10,12H2,1H3. The Balaban J connectivity index is 1.98. The lowest BCUT2D eigenvalue weighted by molar-refractivity contribution is 1.12. The van der Waals surface area contributed by atoms with Gasteiger partial charge in [-0.15, -0.1) is 0 Å². The summed E-state index contributed by atoms with van der Waals surface area (Å²) in [4.78, 5) is 0. The summed E-state index contributed by atoms with van der Waals surface area (Å²) in [6.45, 7) is 2.94. The maximum Gasteiger partial charge on any atom is 0.0669 e. The van der Waals surface area contributed by atoms with Crippen molar-refractivity contribution in [3.05, 3.63) is 65.2 Å². The van der Waals surface area contributed by atoms with Crippen LogP contribution in [-0.2, 0) is 13.0 Å². The third-order valence-corrected chi connectivity index (χ3v) is 2.98. The predicted molar refractivity (Wildman–Crippen MR) is 74.3 cm³/mol. The molecular formula is C16H16N2. The first kappa shape index (κ1) is 12.2. The molecule has 0 radical (unpaired) electrons. The summed E-state index contributed by atoms with van der Waals surface area (Å²) in [7, 11) is 0. The molecule has 2 heteroatoms. The molecule has 0 fully saturated rings. The quantitative estimate of drug-likeness (QED) is 0.879. The highest BCUT2D eigenvalue weighted by Gasteiger charge is 1.97. The van der Waals surface area contributed by atoms with Gasteiger partial charge in [0.1, 0.15) is 0 Å². The van der Waals surface area contributed by atoms with E-state index in [0.717, 1.165) is 17.8 Å². The van der Waals surface area contributed by atoms with Crippen LogP contribution in [0.25, 0.3) is 0 Å². The Hall–Kier alpha value is -2.27. The second-order valence-corrected chi connectivity index (χ2v) is 4.31. The van der Waals surface area contributed by atoms with Crippen LogP contribution in [0.1, 0.15) is 16.7 Å². The zero-order chi connectivity index (χ0) is 12.8. The number of hydrogen-bond donors (Lipinski definition) is 1. The molecule has 0 bridgehead atoms. The molecule has 0 unspecified atom stereocenters. The molecule has 18 heavy (non-hydrogen) atoms. The third-order valence-electron chi connectivity index (χ3n) is 2.98. The molecule has 90 valence electrons. The van der Waals surface area contributed by atoms with Crippen molar-refractivity contribution in [2.45, 2.75) is 19.9 Å². The molecule has 1 N–H and O–H groups in total. The average molecular weight is 236 g/mol. The molecule has 0 atom stereocenters. The first-order chi connectivity index (χ1) is 8.79. The summed E-state index contributed by atoms with van der Waals surface area (Å²) in [6, 6.07) is 18.5. The van der Waals surface area contributed by atoms with Crippen LogP contribution in [0.15, 0.2) is 48.5 Å². The molecule has 0 heterocycles. The van der Waals surface area contributed by atoms with Crippen molar-refractivity contribution in [1.29, 1.82) is 5.26 Å². The smallest absolute Gasteiger partial charge is 0.0669 e. The highest BCUT2D eigenvalue weighted by atomic mass is 14.9. The van der Waals surface area contributed by atoms with Crippen molar-refractivity contribution in [2.24, 2.45) is 0 Å². The van der Waals surface area contributed by atoms with E-state index in [0.29, 0.717) is 6.42 Å². The molecule has 0 saturated heterocycles. The lowest BCUT2D eigenvalue weighted by Crippen LogP contribution is -2.01. The number of aryl methyl sites for hydroxylation is 1. The maximum atomic E-state index is 8.61. The van der Waals surface area contributed by atoms with Crippen molar-refractivity contribution >= 4 is 5.69 Å². The second kappa shape index (κ2) is 5.88. The van der Waals surface area contributed by atoms with Gasteiger partial charge in [0, 0.05) is 12.2 Å². The van der Waals surface area contributed by atoms with E-state index in [1.54, 1.807) is 0 Å². The van der Waals surface area contributed by atoms with Crippen molar-refractivity contribution in [2.75, 3.05) is 5.32 Å². The molecule has 2 aromatic carbocycles. The largest absolute Gasteiger partial charge is 0.381 e. The van der Waals surface area contributed by atoms with Crippen molar-refractivity contribution in [3.63, 3.8) is 0 Å². The minimum Gasteiger partial charge on any atom is -0.381 e. The van der Waals surface area contributed by atoms with Crippen LogP contribution in [0.2, 0.25) is 0 Å². The van der Waals surface area contributed by atoms with E-state index in [-0.39, 0.29) is 0 Å². The maximum absolute atomic E-state index is 8.61. The van der Waals surface area contributed by atoms with Gasteiger partial charge in [-0.05, 0) is 35.7 Å². The number of hydrogen-bond acceptors (Lipinski definition) is 2. The number of rotatable bonds is 4. The van der Waals surface area contributed by atoms with Crippen LogP contribution in [0, 0.1) is 18.3 Å². The first-order valence-electron chi connectivity index (χ1n) is 6.04. The third kappa shape index (κ3) is 3.11. The lowest BCUT2D eigenvalue weighted by atomic mass is 10.1. The highest BCUT2D eigenvalue weighted by molar-refractivity contribution is 5.46. The molecule has 0 saturated carbocycles. The zero-order valence-electron chi connectivity index (χ0n) is 10.5. The Kier molecular flexibility index (Phi) is 3.98. The van der Waals surface area contributed by atoms with Gasteiger partial charge in [-0.2, -0.15) is 5.26 Å². The van der Waals surface area contributed by atoms with Gasteiger partial charge in [0.25, 0.3) is 0 Å². The topological polar surface area (TPSA) is 35.8 Å². The van der Waals surface area contributed by atoms with E-state index in [2.05, 4.69) is 42.6 Å². The summed E-state index contributed by atoms with van der Waals surface area (Å²) in [5, 5.41) is 12.0. The normalized spacial score (nSPS) is 9.78. The summed E-state index contributed by atoms with van der Waals surface area (Å²) < 4.78 is 0. The zero-order valence-corrected chi connectivity index (χ0v) is 10.5. The van der Waals surface area contributed by atoms with Gasteiger partial charge >= 0.3 is 0 Å². The summed E-state index contributed by atoms with van der Waals surface area (Å²) in [5.41, 5.74) is 4.74. The molecular weight excluding hydrogens is 220 g/mol. The number of nitrogens with one attached hydrogen (secondary N) is 1. The minimum atomic E-state index is 0.470. The van der Waals surface area contributed by atoms with Crippen molar-refractivity contribution in [1.82, 2.24) is 0 Å². The molecule has 2 rings (SSSR count). The Morgan fingerprint density at radius 1 is 1.06 bits per heavy atom. The molecule has 2 nitrogen and oxygen atoms in total.